The Balaban J connectivity index is 1.99. The minimum Gasteiger partial charge on any atom is -0.464 e. The van der Waals surface area contributed by atoms with Crippen molar-refractivity contribution in [2.24, 2.45) is 0 Å². The average molecular weight is 326 g/mol. The smallest absolute Gasteiger partial charge is 0.362 e. The molecule has 126 valence electrons. The van der Waals surface area contributed by atoms with Gasteiger partial charge in [0.2, 0.25) is 5.69 Å². The van der Waals surface area contributed by atoms with Crippen LogP contribution in [0.15, 0.2) is 17.2 Å². The zero-order valence-electron chi connectivity index (χ0n) is 13.0. The van der Waals surface area contributed by atoms with Gasteiger partial charge in [-0.25, -0.2) is 9.78 Å². The van der Waals surface area contributed by atoms with Gasteiger partial charge in [0.1, 0.15) is 18.3 Å². The van der Waals surface area contributed by atoms with Gasteiger partial charge in [-0.05, 0) is 13.8 Å². The maximum absolute atomic E-state index is 12.5. The Morgan fingerprint density at radius 1 is 1.43 bits per heavy atom. The van der Waals surface area contributed by atoms with Gasteiger partial charge in [0.05, 0.1) is 13.7 Å². The molecule has 1 N–H and O–H groups in total. The number of ether oxygens (including phenoxy) is 4. The Morgan fingerprint density at radius 3 is 2.78 bits per heavy atom. The molecule has 0 amide bonds. The molecule has 0 unspecified atom stereocenters. The number of nitrogens with zero attached hydrogens (tertiary/aromatic N) is 2. The third kappa shape index (κ3) is 2.65. The number of esters is 1. The van der Waals surface area contributed by atoms with Gasteiger partial charge in [-0.15, -0.1) is 0 Å². The van der Waals surface area contributed by atoms with Gasteiger partial charge in [0, 0.05) is 12.4 Å². The van der Waals surface area contributed by atoms with Gasteiger partial charge in [-0.2, -0.15) is 0 Å². The monoisotopic (exact) mass is 326 g/mol. The second kappa shape index (κ2) is 5.68. The predicted octanol–water partition coefficient (Wildman–Crippen LogP) is -0.560. The summed E-state index contributed by atoms with van der Waals surface area (Å²) in [6, 6.07) is 0. The number of aliphatic hydroxyl groups is 1. The van der Waals surface area contributed by atoms with Crippen molar-refractivity contribution in [3.8, 4) is 0 Å². The first-order valence-electron chi connectivity index (χ1n) is 7.15. The van der Waals surface area contributed by atoms with Crippen LogP contribution < -0.4 is 5.56 Å². The lowest BCUT2D eigenvalue weighted by Gasteiger charge is -2.24. The highest BCUT2D eigenvalue weighted by Gasteiger charge is 2.55. The molecule has 9 nitrogen and oxygen atoms in total. The Bertz CT molecular complexity index is 671. The summed E-state index contributed by atoms with van der Waals surface area (Å²) in [6.07, 6.45) is 0.130. The highest BCUT2D eigenvalue weighted by atomic mass is 16.8. The number of hydrogen-bond donors (Lipinski definition) is 1. The van der Waals surface area contributed by atoms with Crippen LogP contribution in [0.4, 0.5) is 0 Å². The van der Waals surface area contributed by atoms with Crippen LogP contribution in [0.2, 0.25) is 0 Å². The number of aromatic nitrogens is 2. The minimum atomic E-state index is -0.855. The van der Waals surface area contributed by atoms with E-state index in [0.717, 1.165) is 0 Å². The molecule has 4 atom stereocenters. The SMILES string of the molecule is COC(=O)c1nccn([C@@H]2O[C@H](CO)[C@H]3OC(C)(C)O[C@H]32)c1=O. The van der Waals surface area contributed by atoms with Crippen LogP contribution >= 0.6 is 0 Å². The normalized spacial score (nSPS) is 31.8. The fourth-order valence-corrected chi connectivity index (χ4v) is 2.89. The summed E-state index contributed by atoms with van der Waals surface area (Å²) in [6.45, 7) is 3.21. The van der Waals surface area contributed by atoms with Crippen LogP contribution in [0.5, 0.6) is 0 Å². The topological polar surface area (TPSA) is 109 Å². The second-order valence-electron chi connectivity index (χ2n) is 5.79. The quantitative estimate of drug-likeness (QED) is 0.736. The van der Waals surface area contributed by atoms with E-state index >= 15 is 0 Å². The fourth-order valence-electron chi connectivity index (χ4n) is 2.89. The molecule has 3 heterocycles. The molecule has 2 aliphatic rings. The van der Waals surface area contributed by atoms with E-state index in [0.29, 0.717) is 0 Å². The standard InChI is InChI=1S/C14H18N2O7/c1-14(2)22-9-7(6-17)21-12(10(9)23-14)16-5-4-15-8(11(16)18)13(19)20-3/h4-5,7,9-10,12,17H,6H2,1-3H3/t7-,9-,10-,12-/m1/s1. The summed E-state index contributed by atoms with van der Waals surface area (Å²) >= 11 is 0. The van der Waals surface area contributed by atoms with Gasteiger partial charge >= 0.3 is 5.97 Å². The maximum atomic E-state index is 12.5. The van der Waals surface area contributed by atoms with Crippen molar-refractivity contribution >= 4 is 5.97 Å². The van der Waals surface area contributed by atoms with Crippen LogP contribution in [0.1, 0.15) is 30.6 Å². The van der Waals surface area contributed by atoms with E-state index in [4.69, 9.17) is 14.2 Å². The number of rotatable bonds is 3. The van der Waals surface area contributed by atoms with Gasteiger partial charge in [0.15, 0.2) is 12.0 Å². The van der Waals surface area contributed by atoms with E-state index in [-0.39, 0.29) is 12.3 Å². The predicted molar refractivity (Wildman–Crippen MR) is 74.7 cm³/mol. The highest BCUT2D eigenvalue weighted by Crippen LogP contribution is 2.42. The molecular formula is C14H18N2O7. The summed E-state index contributed by atoms with van der Waals surface area (Å²) < 4.78 is 23.0. The third-order valence-electron chi connectivity index (χ3n) is 3.83. The number of fused-ring (bicyclic) bond motifs is 1. The van der Waals surface area contributed by atoms with Crippen molar-refractivity contribution in [2.45, 2.75) is 44.2 Å². The lowest BCUT2D eigenvalue weighted by Crippen LogP contribution is -2.36. The first-order chi connectivity index (χ1) is 10.9. The van der Waals surface area contributed by atoms with E-state index in [1.54, 1.807) is 13.8 Å². The summed E-state index contributed by atoms with van der Waals surface area (Å²) in [5.41, 5.74) is -1.00. The second-order valence-corrected chi connectivity index (χ2v) is 5.79. The van der Waals surface area contributed by atoms with Crippen LogP contribution in [-0.2, 0) is 18.9 Å². The number of carbonyl (C=O) groups excluding carboxylic acids is 1. The molecule has 0 saturated carbocycles. The average Bonchev–Trinajstić information content (AvgIpc) is 2.99. The van der Waals surface area contributed by atoms with Crippen LogP contribution in [0.3, 0.4) is 0 Å². The summed E-state index contributed by atoms with van der Waals surface area (Å²) in [5.74, 6) is -1.69. The molecule has 3 rings (SSSR count). The summed E-state index contributed by atoms with van der Waals surface area (Å²) in [5, 5.41) is 9.46. The highest BCUT2D eigenvalue weighted by molar-refractivity contribution is 5.86. The van der Waals surface area contributed by atoms with E-state index in [1.807, 2.05) is 0 Å². The van der Waals surface area contributed by atoms with Gasteiger partial charge in [-0.1, -0.05) is 0 Å². The van der Waals surface area contributed by atoms with Gasteiger partial charge < -0.3 is 24.1 Å². The minimum absolute atomic E-state index is 0.277. The zero-order chi connectivity index (χ0) is 16.8. The first kappa shape index (κ1) is 16.1. The fraction of sp³-hybridized carbons (Fsp3) is 0.643. The Hall–Kier alpha value is -1.81. The molecule has 9 heteroatoms. The molecule has 1 aromatic heterocycles. The lowest BCUT2D eigenvalue weighted by molar-refractivity contribution is -0.200. The molecule has 0 spiro atoms. The zero-order valence-corrected chi connectivity index (χ0v) is 13.0. The first-order valence-corrected chi connectivity index (χ1v) is 7.15. The number of aliphatic hydroxyl groups excluding tert-OH is 1. The van der Waals surface area contributed by atoms with E-state index in [1.165, 1.54) is 24.1 Å². The number of hydrogen-bond acceptors (Lipinski definition) is 8. The third-order valence-corrected chi connectivity index (χ3v) is 3.83. The van der Waals surface area contributed by atoms with E-state index in [9.17, 15) is 14.7 Å². The van der Waals surface area contributed by atoms with E-state index < -0.39 is 41.9 Å². The van der Waals surface area contributed by atoms with Crippen LogP contribution in [0.25, 0.3) is 0 Å². The molecule has 0 radical (unpaired) electrons. The number of methoxy groups -OCH3 is 1. The number of carbonyl (C=O) groups is 1. The molecule has 0 aliphatic carbocycles. The van der Waals surface area contributed by atoms with Gasteiger partial charge in [0.25, 0.3) is 5.56 Å². The van der Waals surface area contributed by atoms with Crippen molar-refractivity contribution in [2.75, 3.05) is 13.7 Å². The Labute approximate surface area is 131 Å². The van der Waals surface area contributed by atoms with Crippen molar-refractivity contribution in [1.29, 1.82) is 0 Å². The molecule has 23 heavy (non-hydrogen) atoms. The van der Waals surface area contributed by atoms with Gasteiger partial charge in [-0.3, -0.25) is 9.36 Å². The largest absolute Gasteiger partial charge is 0.464 e. The Kier molecular flexibility index (Phi) is 3.96. The summed E-state index contributed by atoms with van der Waals surface area (Å²) in [4.78, 5) is 27.8. The van der Waals surface area contributed by atoms with E-state index in [2.05, 4.69) is 9.72 Å². The Morgan fingerprint density at radius 2 is 2.13 bits per heavy atom. The maximum Gasteiger partial charge on any atom is 0.362 e. The molecular weight excluding hydrogens is 308 g/mol. The van der Waals surface area contributed by atoms with Crippen LogP contribution in [0, 0.1) is 0 Å². The molecule has 0 bridgehead atoms. The lowest BCUT2D eigenvalue weighted by atomic mass is 10.1. The molecule has 2 saturated heterocycles. The van der Waals surface area contributed by atoms with Crippen molar-refractivity contribution < 1.29 is 28.8 Å². The van der Waals surface area contributed by atoms with Crippen molar-refractivity contribution in [3.63, 3.8) is 0 Å². The van der Waals surface area contributed by atoms with Crippen LogP contribution in [-0.4, -0.2) is 58.4 Å². The molecule has 2 fully saturated rings. The van der Waals surface area contributed by atoms with Crippen molar-refractivity contribution in [3.05, 3.63) is 28.4 Å². The summed E-state index contributed by atoms with van der Waals surface area (Å²) in [7, 11) is 1.17. The molecule has 0 aromatic carbocycles. The molecule has 1 aromatic rings. The van der Waals surface area contributed by atoms with Crippen molar-refractivity contribution in [1.82, 2.24) is 9.55 Å². The molecule has 2 aliphatic heterocycles.